The number of hydrogen-bond acceptors (Lipinski definition) is 4. The molecule has 2 aromatic carbocycles. The minimum atomic E-state index is -0.957. The van der Waals surface area contributed by atoms with Crippen molar-refractivity contribution in [2.45, 2.75) is 39.2 Å². The van der Waals surface area contributed by atoms with E-state index >= 15 is 0 Å². The van der Waals surface area contributed by atoms with E-state index < -0.39 is 23.5 Å². The van der Waals surface area contributed by atoms with Crippen molar-refractivity contribution >= 4 is 18.0 Å². The smallest absolute Gasteiger partial charge is 0.407 e. The second-order valence-corrected chi connectivity index (χ2v) is 9.57. The minimum Gasteiger partial charge on any atom is -0.481 e. The van der Waals surface area contributed by atoms with E-state index in [1.807, 2.05) is 38.1 Å². The fourth-order valence-corrected chi connectivity index (χ4v) is 4.80. The third-order valence-electron chi connectivity index (χ3n) is 6.85. The number of carbonyl (C=O) groups excluding carboxylic acids is 2. The predicted octanol–water partition coefficient (Wildman–Crippen LogP) is 3.87. The summed E-state index contributed by atoms with van der Waals surface area (Å²) >= 11 is 0. The molecule has 2 amide bonds. The maximum absolute atomic E-state index is 13.1. The summed E-state index contributed by atoms with van der Waals surface area (Å²) in [6, 6.07) is 15.4. The molecule has 2 atom stereocenters. The van der Waals surface area contributed by atoms with Crippen molar-refractivity contribution in [1.82, 2.24) is 10.2 Å². The van der Waals surface area contributed by atoms with E-state index in [-0.39, 0.29) is 30.9 Å². The van der Waals surface area contributed by atoms with Crippen LogP contribution in [-0.4, -0.2) is 53.7 Å². The van der Waals surface area contributed by atoms with Gasteiger partial charge in [0.2, 0.25) is 5.91 Å². The SMILES string of the molecule is CC(C)[C@@H](NC(=O)OCC1c2ccccc2-c2ccccc21)C(=O)N1CCC(C)(C(=O)O)C1. The number of amides is 2. The molecule has 7 nitrogen and oxygen atoms in total. The molecule has 33 heavy (non-hydrogen) atoms. The van der Waals surface area contributed by atoms with Crippen LogP contribution in [0.5, 0.6) is 0 Å². The summed E-state index contributed by atoms with van der Waals surface area (Å²) in [6.45, 7) is 6.00. The first-order valence-corrected chi connectivity index (χ1v) is 11.3. The van der Waals surface area contributed by atoms with Gasteiger partial charge in [0.15, 0.2) is 0 Å². The Kier molecular flexibility index (Phi) is 6.15. The third kappa shape index (κ3) is 4.32. The summed E-state index contributed by atoms with van der Waals surface area (Å²) in [5.74, 6) is -1.42. The Morgan fingerprint density at radius 2 is 1.67 bits per heavy atom. The van der Waals surface area contributed by atoms with Crippen molar-refractivity contribution in [2.24, 2.45) is 11.3 Å². The number of carboxylic acid groups (broad SMARTS) is 1. The van der Waals surface area contributed by atoms with Crippen LogP contribution in [0, 0.1) is 11.3 Å². The largest absolute Gasteiger partial charge is 0.481 e. The normalized spacial score (nSPS) is 20.3. The molecule has 7 heteroatoms. The van der Waals surface area contributed by atoms with Crippen molar-refractivity contribution in [2.75, 3.05) is 19.7 Å². The molecule has 1 unspecified atom stereocenters. The molecule has 1 aliphatic heterocycles. The van der Waals surface area contributed by atoms with Crippen LogP contribution in [0.3, 0.4) is 0 Å². The van der Waals surface area contributed by atoms with Gasteiger partial charge in [-0.25, -0.2) is 4.79 Å². The minimum absolute atomic E-state index is 0.0637. The summed E-state index contributed by atoms with van der Waals surface area (Å²) in [4.78, 5) is 38.8. The second-order valence-electron chi connectivity index (χ2n) is 9.57. The van der Waals surface area contributed by atoms with E-state index in [0.29, 0.717) is 13.0 Å². The van der Waals surface area contributed by atoms with Gasteiger partial charge in [-0.3, -0.25) is 9.59 Å². The second kappa shape index (κ2) is 8.89. The molecule has 2 aromatic rings. The summed E-state index contributed by atoms with van der Waals surface area (Å²) in [7, 11) is 0. The Labute approximate surface area is 193 Å². The molecule has 0 aromatic heterocycles. The van der Waals surface area contributed by atoms with E-state index in [9.17, 15) is 19.5 Å². The van der Waals surface area contributed by atoms with Gasteiger partial charge in [-0.2, -0.15) is 0 Å². The summed E-state index contributed by atoms with van der Waals surface area (Å²) in [5.41, 5.74) is 3.57. The molecule has 2 N–H and O–H groups in total. The standard InChI is InChI=1S/C26H30N2O5/c1-16(2)22(23(29)28-13-12-26(3,15-28)24(30)31)27-25(32)33-14-21-19-10-6-4-8-17(19)18-9-5-7-11-20(18)21/h4-11,16,21-22H,12-15H2,1-3H3,(H,27,32)(H,30,31)/t22-,26?/m1/s1. The van der Waals surface area contributed by atoms with Crippen molar-refractivity contribution in [3.8, 4) is 11.1 Å². The van der Waals surface area contributed by atoms with Crippen molar-refractivity contribution in [3.05, 3.63) is 59.7 Å². The quantitative estimate of drug-likeness (QED) is 0.697. The van der Waals surface area contributed by atoms with Crippen LogP contribution in [0.25, 0.3) is 11.1 Å². The van der Waals surface area contributed by atoms with E-state index in [4.69, 9.17) is 4.74 Å². The number of likely N-dealkylation sites (tertiary alicyclic amines) is 1. The number of carbonyl (C=O) groups is 3. The highest BCUT2D eigenvalue weighted by Crippen LogP contribution is 2.44. The monoisotopic (exact) mass is 450 g/mol. The number of nitrogens with one attached hydrogen (secondary N) is 1. The lowest BCUT2D eigenvalue weighted by atomic mass is 9.90. The van der Waals surface area contributed by atoms with Crippen LogP contribution >= 0.6 is 0 Å². The molecule has 0 saturated carbocycles. The number of nitrogens with zero attached hydrogens (tertiary/aromatic N) is 1. The number of ether oxygens (including phenoxy) is 1. The average molecular weight is 451 g/mol. The molecule has 1 fully saturated rings. The number of aliphatic carboxylic acids is 1. The van der Waals surface area contributed by atoms with Crippen LogP contribution in [0.1, 0.15) is 44.2 Å². The lowest BCUT2D eigenvalue weighted by molar-refractivity contribution is -0.147. The first kappa shape index (κ1) is 22.8. The van der Waals surface area contributed by atoms with Crippen molar-refractivity contribution in [1.29, 1.82) is 0 Å². The molecule has 1 saturated heterocycles. The lowest BCUT2D eigenvalue weighted by Gasteiger charge is -2.27. The molecular formula is C26H30N2O5. The van der Waals surface area contributed by atoms with Gasteiger partial charge in [0.25, 0.3) is 0 Å². The van der Waals surface area contributed by atoms with E-state index in [0.717, 1.165) is 22.3 Å². The van der Waals surface area contributed by atoms with Crippen LogP contribution in [0.2, 0.25) is 0 Å². The van der Waals surface area contributed by atoms with Gasteiger partial charge in [0, 0.05) is 19.0 Å². The Bertz CT molecular complexity index is 1040. The number of fused-ring (bicyclic) bond motifs is 3. The van der Waals surface area contributed by atoms with Crippen molar-refractivity contribution in [3.63, 3.8) is 0 Å². The molecule has 174 valence electrons. The van der Waals surface area contributed by atoms with Gasteiger partial charge in [-0.15, -0.1) is 0 Å². The molecule has 1 heterocycles. The Balaban J connectivity index is 1.42. The van der Waals surface area contributed by atoms with Gasteiger partial charge in [-0.1, -0.05) is 62.4 Å². The number of benzene rings is 2. The number of rotatable bonds is 6. The van der Waals surface area contributed by atoms with Crippen LogP contribution in [-0.2, 0) is 14.3 Å². The first-order chi connectivity index (χ1) is 15.7. The van der Waals surface area contributed by atoms with E-state index in [1.165, 1.54) is 4.90 Å². The predicted molar refractivity (Wildman–Crippen MR) is 124 cm³/mol. The summed E-state index contributed by atoms with van der Waals surface area (Å²) < 4.78 is 5.60. The highest BCUT2D eigenvalue weighted by Gasteiger charge is 2.44. The van der Waals surface area contributed by atoms with Gasteiger partial charge in [0.1, 0.15) is 12.6 Å². The Hall–Kier alpha value is -3.35. The molecule has 1 aliphatic carbocycles. The first-order valence-electron chi connectivity index (χ1n) is 11.3. The maximum atomic E-state index is 13.1. The Morgan fingerprint density at radius 3 is 2.18 bits per heavy atom. The van der Waals surface area contributed by atoms with Crippen LogP contribution in [0.4, 0.5) is 4.79 Å². The van der Waals surface area contributed by atoms with E-state index in [1.54, 1.807) is 6.92 Å². The lowest BCUT2D eigenvalue weighted by Crippen LogP contribution is -2.51. The zero-order chi connectivity index (χ0) is 23.8. The number of carboxylic acids is 1. The number of alkyl carbamates (subject to hydrolysis) is 1. The maximum Gasteiger partial charge on any atom is 0.407 e. The zero-order valence-corrected chi connectivity index (χ0v) is 19.2. The molecule has 0 bridgehead atoms. The van der Waals surface area contributed by atoms with Crippen LogP contribution in [0.15, 0.2) is 48.5 Å². The summed E-state index contributed by atoms with van der Waals surface area (Å²) in [6.07, 6.45) is -0.256. The summed E-state index contributed by atoms with van der Waals surface area (Å²) in [5, 5.41) is 12.2. The topological polar surface area (TPSA) is 95.9 Å². The van der Waals surface area contributed by atoms with Gasteiger partial charge in [-0.05, 0) is 41.5 Å². The van der Waals surface area contributed by atoms with Gasteiger partial charge >= 0.3 is 12.1 Å². The molecule has 0 spiro atoms. The molecule has 2 aliphatic rings. The third-order valence-corrected chi connectivity index (χ3v) is 6.85. The van der Waals surface area contributed by atoms with E-state index in [2.05, 4.69) is 29.6 Å². The fraction of sp³-hybridized carbons (Fsp3) is 0.423. The zero-order valence-electron chi connectivity index (χ0n) is 19.2. The molecule has 4 rings (SSSR count). The van der Waals surface area contributed by atoms with Crippen LogP contribution < -0.4 is 5.32 Å². The number of hydrogen-bond donors (Lipinski definition) is 2. The molecular weight excluding hydrogens is 420 g/mol. The average Bonchev–Trinajstić information content (AvgIpc) is 3.35. The highest BCUT2D eigenvalue weighted by molar-refractivity contribution is 5.87. The van der Waals surface area contributed by atoms with Crippen molar-refractivity contribution < 1.29 is 24.2 Å². The molecule has 0 radical (unpaired) electrons. The van der Waals surface area contributed by atoms with Gasteiger partial charge in [0.05, 0.1) is 5.41 Å². The Morgan fingerprint density at radius 1 is 1.09 bits per heavy atom. The fourth-order valence-electron chi connectivity index (χ4n) is 4.80. The van der Waals surface area contributed by atoms with Gasteiger partial charge < -0.3 is 20.1 Å². The highest BCUT2D eigenvalue weighted by atomic mass is 16.5.